The van der Waals surface area contributed by atoms with Crippen LogP contribution in [0.15, 0.2) is 10.6 Å². The average molecular weight is 305 g/mol. The minimum atomic E-state index is -0.310. The number of fused-ring (bicyclic) bond motifs is 1. The first-order valence-corrected chi connectivity index (χ1v) is 8.44. The second-order valence-corrected chi connectivity index (χ2v) is 7.00. The van der Waals surface area contributed by atoms with E-state index < -0.39 is 0 Å². The van der Waals surface area contributed by atoms with E-state index in [1.165, 1.54) is 36.1 Å². The van der Waals surface area contributed by atoms with Crippen molar-refractivity contribution in [2.45, 2.75) is 50.7 Å². The highest BCUT2D eigenvalue weighted by Gasteiger charge is 2.23. The van der Waals surface area contributed by atoms with Crippen molar-refractivity contribution >= 4 is 11.3 Å². The fraction of sp³-hybridized carbons (Fsp3) is 0.600. The van der Waals surface area contributed by atoms with Crippen LogP contribution in [0.1, 0.15) is 48.0 Å². The summed E-state index contributed by atoms with van der Waals surface area (Å²) in [5, 5.41) is 4.01. The summed E-state index contributed by atoms with van der Waals surface area (Å²) in [5.74, 6) is 1.13. The molecule has 0 amide bonds. The molecule has 0 spiro atoms. The van der Waals surface area contributed by atoms with Gasteiger partial charge in [0.2, 0.25) is 0 Å². The summed E-state index contributed by atoms with van der Waals surface area (Å²) in [6, 6.07) is 1.87. The molecule has 1 unspecified atom stereocenters. The first kappa shape index (κ1) is 13.4. The normalized spacial score (nSPS) is 19.5. The van der Waals surface area contributed by atoms with Crippen LogP contribution in [-0.4, -0.2) is 22.9 Å². The van der Waals surface area contributed by atoms with E-state index in [1.54, 1.807) is 11.3 Å². The number of rotatable bonds is 5. The van der Waals surface area contributed by atoms with Crippen molar-refractivity contribution in [3.8, 4) is 10.8 Å². The molecule has 2 N–H and O–H groups in total. The van der Waals surface area contributed by atoms with E-state index in [0.29, 0.717) is 24.4 Å². The van der Waals surface area contributed by atoms with Crippen LogP contribution in [0.3, 0.4) is 0 Å². The van der Waals surface area contributed by atoms with Crippen molar-refractivity contribution < 1.29 is 9.26 Å². The fourth-order valence-corrected chi connectivity index (χ4v) is 3.95. The van der Waals surface area contributed by atoms with Crippen LogP contribution >= 0.6 is 11.3 Å². The lowest BCUT2D eigenvalue weighted by atomic mass is 9.96. The number of hydrogen-bond acceptors (Lipinski definition) is 6. The molecule has 0 radical (unpaired) electrons. The van der Waals surface area contributed by atoms with Crippen molar-refractivity contribution in [1.82, 2.24) is 10.1 Å². The molecule has 2 aromatic heterocycles. The molecule has 4 rings (SSSR count). The zero-order valence-corrected chi connectivity index (χ0v) is 12.7. The summed E-state index contributed by atoms with van der Waals surface area (Å²) in [6.07, 6.45) is 7.53. The van der Waals surface area contributed by atoms with Crippen molar-refractivity contribution in [3.05, 3.63) is 22.3 Å². The SMILES string of the molecule is NC(COC1CCC1)c1noc(-c2cc3c(s2)CCC3)n1. The van der Waals surface area contributed by atoms with Gasteiger partial charge in [0.25, 0.3) is 5.89 Å². The second kappa shape index (κ2) is 5.51. The molecule has 2 heterocycles. The van der Waals surface area contributed by atoms with E-state index >= 15 is 0 Å². The Labute approximate surface area is 127 Å². The predicted molar refractivity (Wildman–Crippen MR) is 80.2 cm³/mol. The Hall–Kier alpha value is -1.24. The zero-order valence-electron chi connectivity index (χ0n) is 11.9. The first-order valence-electron chi connectivity index (χ1n) is 7.62. The van der Waals surface area contributed by atoms with Gasteiger partial charge in [-0.05, 0) is 50.2 Å². The average Bonchev–Trinajstić information content (AvgIpc) is 3.11. The Morgan fingerprint density at radius 3 is 3.05 bits per heavy atom. The molecule has 0 aliphatic heterocycles. The van der Waals surface area contributed by atoms with Crippen LogP contribution in [0.25, 0.3) is 10.8 Å². The van der Waals surface area contributed by atoms with Gasteiger partial charge in [-0.15, -0.1) is 11.3 Å². The Morgan fingerprint density at radius 1 is 1.38 bits per heavy atom. The molecule has 2 aromatic rings. The number of aromatic nitrogens is 2. The highest BCUT2D eigenvalue weighted by atomic mass is 32.1. The van der Waals surface area contributed by atoms with Crippen molar-refractivity contribution in [2.75, 3.05) is 6.61 Å². The van der Waals surface area contributed by atoms with Crippen molar-refractivity contribution in [1.29, 1.82) is 0 Å². The number of aryl methyl sites for hydroxylation is 2. The van der Waals surface area contributed by atoms with Gasteiger partial charge < -0.3 is 15.0 Å². The summed E-state index contributed by atoms with van der Waals surface area (Å²) in [5.41, 5.74) is 7.52. The van der Waals surface area contributed by atoms with Crippen LogP contribution in [-0.2, 0) is 17.6 Å². The Bertz CT molecular complexity index is 611. The molecule has 5 nitrogen and oxygen atoms in total. The quantitative estimate of drug-likeness (QED) is 0.919. The maximum Gasteiger partial charge on any atom is 0.268 e. The molecule has 1 saturated carbocycles. The summed E-state index contributed by atoms with van der Waals surface area (Å²) in [4.78, 5) is 6.96. The third-order valence-corrected chi connectivity index (χ3v) is 5.52. The van der Waals surface area contributed by atoms with Crippen LogP contribution in [0, 0.1) is 0 Å². The van der Waals surface area contributed by atoms with Crippen LogP contribution in [0.5, 0.6) is 0 Å². The minimum absolute atomic E-state index is 0.310. The molecule has 1 fully saturated rings. The standard InChI is InChI=1S/C15H19N3O2S/c16-11(8-19-10-4-2-5-10)14-17-15(20-18-14)13-7-9-3-1-6-12(9)21-13/h7,10-11H,1-6,8,16H2. The van der Waals surface area contributed by atoms with E-state index in [2.05, 4.69) is 16.2 Å². The van der Waals surface area contributed by atoms with E-state index in [1.807, 2.05) is 0 Å². The van der Waals surface area contributed by atoms with Crippen LogP contribution < -0.4 is 5.73 Å². The molecule has 2 aliphatic rings. The van der Waals surface area contributed by atoms with Gasteiger partial charge in [-0.2, -0.15) is 4.98 Å². The van der Waals surface area contributed by atoms with Gasteiger partial charge in [0, 0.05) is 4.88 Å². The Balaban J connectivity index is 1.44. The maximum absolute atomic E-state index is 6.08. The first-order chi connectivity index (χ1) is 10.3. The van der Waals surface area contributed by atoms with Crippen molar-refractivity contribution in [2.24, 2.45) is 5.73 Å². The molecule has 21 heavy (non-hydrogen) atoms. The lowest BCUT2D eigenvalue weighted by molar-refractivity contribution is -0.00549. The molecular weight excluding hydrogens is 286 g/mol. The monoisotopic (exact) mass is 305 g/mol. The zero-order chi connectivity index (χ0) is 14.2. The summed E-state index contributed by atoms with van der Waals surface area (Å²) < 4.78 is 11.1. The van der Waals surface area contributed by atoms with Gasteiger partial charge in [-0.25, -0.2) is 0 Å². The number of nitrogens with zero attached hydrogens (tertiary/aromatic N) is 2. The summed E-state index contributed by atoms with van der Waals surface area (Å²) >= 11 is 1.76. The summed E-state index contributed by atoms with van der Waals surface area (Å²) in [6.45, 7) is 0.463. The van der Waals surface area contributed by atoms with Gasteiger partial charge in [0.1, 0.15) is 0 Å². The predicted octanol–water partition coefficient (Wildman–Crippen LogP) is 2.86. The second-order valence-electron chi connectivity index (χ2n) is 5.86. The lowest BCUT2D eigenvalue weighted by Crippen LogP contribution is -2.27. The molecule has 0 saturated heterocycles. The third-order valence-electron chi connectivity index (χ3n) is 4.29. The van der Waals surface area contributed by atoms with Crippen molar-refractivity contribution in [3.63, 3.8) is 0 Å². The van der Waals surface area contributed by atoms with Crippen LogP contribution in [0.2, 0.25) is 0 Å². The third kappa shape index (κ3) is 2.63. The number of ether oxygens (including phenoxy) is 1. The van der Waals surface area contributed by atoms with Gasteiger partial charge in [0.05, 0.1) is 23.6 Å². The summed E-state index contributed by atoms with van der Waals surface area (Å²) in [7, 11) is 0. The van der Waals surface area contributed by atoms with Gasteiger partial charge in [-0.3, -0.25) is 0 Å². The largest absolute Gasteiger partial charge is 0.376 e. The lowest BCUT2D eigenvalue weighted by Gasteiger charge is -2.26. The smallest absolute Gasteiger partial charge is 0.268 e. The molecule has 112 valence electrons. The molecule has 1 atom stereocenters. The minimum Gasteiger partial charge on any atom is -0.376 e. The number of hydrogen-bond donors (Lipinski definition) is 1. The van der Waals surface area contributed by atoms with E-state index in [0.717, 1.165) is 17.7 Å². The molecule has 0 bridgehead atoms. The Kier molecular flexibility index (Phi) is 3.52. The molecule has 0 aromatic carbocycles. The van der Waals surface area contributed by atoms with Gasteiger partial charge >= 0.3 is 0 Å². The topological polar surface area (TPSA) is 74.2 Å². The highest BCUT2D eigenvalue weighted by Crippen LogP contribution is 2.36. The van der Waals surface area contributed by atoms with Gasteiger partial charge in [-0.1, -0.05) is 5.16 Å². The molecule has 2 aliphatic carbocycles. The fourth-order valence-electron chi connectivity index (χ4n) is 2.77. The number of thiophene rings is 1. The van der Waals surface area contributed by atoms with E-state index in [9.17, 15) is 0 Å². The Morgan fingerprint density at radius 2 is 2.29 bits per heavy atom. The molecule has 6 heteroatoms. The van der Waals surface area contributed by atoms with E-state index in [4.69, 9.17) is 15.0 Å². The number of nitrogens with two attached hydrogens (primary N) is 1. The van der Waals surface area contributed by atoms with Gasteiger partial charge in [0.15, 0.2) is 5.82 Å². The molecular formula is C15H19N3O2S. The van der Waals surface area contributed by atoms with Crippen LogP contribution in [0.4, 0.5) is 0 Å². The van der Waals surface area contributed by atoms with E-state index in [-0.39, 0.29) is 6.04 Å². The maximum atomic E-state index is 6.08. The highest BCUT2D eigenvalue weighted by molar-refractivity contribution is 7.15.